The molecule has 0 aliphatic rings. The molecule has 0 atom stereocenters. The van der Waals surface area contributed by atoms with Crippen molar-refractivity contribution in [2.75, 3.05) is 0 Å². The first-order valence-corrected chi connectivity index (χ1v) is 8.62. The Morgan fingerprint density at radius 3 is 2.38 bits per heavy atom. The van der Waals surface area contributed by atoms with Gasteiger partial charge in [-0.2, -0.15) is 4.98 Å². The Hall–Kier alpha value is -1.60. The summed E-state index contributed by atoms with van der Waals surface area (Å²) in [6.07, 6.45) is 0.684. The summed E-state index contributed by atoms with van der Waals surface area (Å²) in [6.45, 7) is 5.55. The quantitative estimate of drug-likeness (QED) is 0.784. The Kier molecular flexibility index (Phi) is 4.53. The highest BCUT2D eigenvalue weighted by Crippen LogP contribution is 2.28. The van der Waals surface area contributed by atoms with Crippen LogP contribution in [0, 0.1) is 13.8 Å². The van der Waals surface area contributed by atoms with Crippen LogP contribution < -0.4 is 4.74 Å². The lowest BCUT2D eigenvalue weighted by Crippen LogP contribution is -2.01. The SMILES string of the molecule is CCc1noc(COc2c(C)cc(S(=O)(=O)Cl)cc2C)n1. The van der Waals surface area contributed by atoms with E-state index in [2.05, 4.69) is 10.1 Å². The molecule has 0 fully saturated rings. The minimum atomic E-state index is -3.76. The molecule has 0 unspecified atom stereocenters. The molecular weight excluding hydrogens is 316 g/mol. The lowest BCUT2D eigenvalue weighted by atomic mass is 10.1. The van der Waals surface area contributed by atoms with Crippen molar-refractivity contribution >= 4 is 19.7 Å². The van der Waals surface area contributed by atoms with Gasteiger partial charge in [0, 0.05) is 17.1 Å². The van der Waals surface area contributed by atoms with E-state index in [1.165, 1.54) is 12.1 Å². The summed E-state index contributed by atoms with van der Waals surface area (Å²) >= 11 is 0. The Bertz CT molecular complexity index is 732. The summed E-state index contributed by atoms with van der Waals surface area (Å²) in [5.41, 5.74) is 1.34. The maximum absolute atomic E-state index is 11.4. The summed E-state index contributed by atoms with van der Waals surface area (Å²) in [6, 6.07) is 2.94. The van der Waals surface area contributed by atoms with Gasteiger partial charge < -0.3 is 9.26 Å². The minimum Gasteiger partial charge on any atom is -0.483 e. The number of ether oxygens (including phenoxy) is 1. The average Bonchev–Trinajstić information content (AvgIpc) is 2.84. The average molecular weight is 331 g/mol. The van der Waals surface area contributed by atoms with Crippen LogP contribution in [0.25, 0.3) is 0 Å². The number of benzene rings is 1. The van der Waals surface area contributed by atoms with Gasteiger partial charge in [0.2, 0.25) is 0 Å². The number of hydrogen-bond acceptors (Lipinski definition) is 6. The van der Waals surface area contributed by atoms with Crippen molar-refractivity contribution in [3.8, 4) is 5.75 Å². The highest BCUT2D eigenvalue weighted by molar-refractivity contribution is 8.13. The van der Waals surface area contributed by atoms with Crippen LogP contribution in [0.4, 0.5) is 0 Å². The van der Waals surface area contributed by atoms with Gasteiger partial charge in [-0.25, -0.2) is 8.42 Å². The number of rotatable bonds is 5. The van der Waals surface area contributed by atoms with Crippen LogP contribution in [0.2, 0.25) is 0 Å². The molecule has 8 heteroatoms. The van der Waals surface area contributed by atoms with E-state index in [9.17, 15) is 8.42 Å². The predicted molar refractivity (Wildman–Crippen MR) is 77.0 cm³/mol. The van der Waals surface area contributed by atoms with Gasteiger partial charge in [-0.15, -0.1) is 0 Å². The number of aryl methyl sites for hydroxylation is 3. The van der Waals surface area contributed by atoms with E-state index >= 15 is 0 Å². The Morgan fingerprint density at radius 2 is 1.90 bits per heavy atom. The van der Waals surface area contributed by atoms with Crippen LogP contribution in [-0.4, -0.2) is 18.6 Å². The van der Waals surface area contributed by atoms with Gasteiger partial charge in [-0.3, -0.25) is 0 Å². The van der Waals surface area contributed by atoms with Gasteiger partial charge >= 0.3 is 0 Å². The number of nitrogens with zero attached hydrogens (tertiary/aromatic N) is 2. The van der Waals surface area contributed by atoms with Crippen molar-refractivity contribution in [3.05, 3.63) is 35.0 Å². The second-order valence-corrected chi connectivity index (χ2v) is 7.14. The molecule has 2 aromatic rings. The van der Waals surface area contributed by atoms with E-state index in [0.717, 1.165) is 0 Å². The first kappa shape index (κ1) is 15.8. The Morgan fingerprint density at radius 1 is 1.29 bits per heavy atom. The maximum atomic E-state index is 11.4. The molecule has 114 valence electrons. The molecule has 1 heterocycles. The van der Waals surface area contributed by atoms with Crippen LogP contribution in [0.15, 0.2) is 21.6 Å². The molecule has 0 aliphatic carbocycles. The maximum Gasteiger partial charge on any atom is 0.264 e. The van der Waals surface area contributed by atoms with Crippen molar-refractivity contribution < 1.29 is 17.7 Å². The highest BCUT2D eigenvalue weighted by atomic mass is 35.7. The topological polar surface area (TPSA) is 82.3 Å². The van der Waals surface area contributed by atoms with Gasteiger partial charge in [-0.1, -0.05) is 12.1 Å². The zero-order valence-electron chi connectivity index (χ0n) is 11.9. The molecule has 1 aromatic carbocycles. The van der Waals surface area contributed by atoms with Crippen LogP contribution in [-0.2, 0) is 22.1 Å². The van der Waals surface area contributed by atoms with Crippen LogP contribution in [0.3, 0.4) is 0 Å². The van der Waals surface area contributed by atoms with Crippen LogP contribution >= 0.6 is 10.7 Å². The first-order valence-electron chi connectivity index (χ1n) is 6.31. The van der Waals surface area contributed by atoms with E-state index in [-0.39, 0.29) is 11.5 Å². The molecule has 6 nitrogen and oxygen atoms in total. The Balaban J connectivity index is 2.21. The first-order chi connectivity index (χ1) is 9.81. The van der Waals surface area contributed by atoms with E-state index in [4.69, 9.17) is 19.9 Å². The van der Waals surface area contributed by atoms with Crippen molar-refractivity contribution in [2.24, 2.45) is 0 Å². The van der Waals surface area contributed by atoms with E-state index in [1.54, 1.807) is 13.8 Å². The third-order valence-electron chi connectivity index (χ3n) is 2.88. The normalized spacial score (nSPS) is 11.6. The monoisotopic (exact) mass is 330 g/mol. The zero-order valence-corrected chi connectivity index (χ0v) is 13.5. The molecule has 2 rings (SSSR count). The third-order valence-corrected chi connectivity index (χ3v) is 4.22. The lowest BCUT2D eigenvalue weighted by Gasteiger charge is -2.11. The molecular formula is C13H15ClN2O4S. The van der Waals surface area contributed by atoms with Gasteiger partial charge in [0.15, 0.2) is 12.4 Å². The fourth-order valence-corrected chi connectivity index (χ4v) is 2.81. The minimum absolute atomic E-state index is 0.0533. The number of halogens is 1. The number of aromatic nitrogens is 2. The predicted octanol–water partition coefficient (Wildman–Crippen LogP) is 2.76. The molecule has 0 saturated heterocycles. The largest absolute Gasteiger partial charge is 0.483 e. The molecule has 21 heavy (non-hydrogen) atoms. The van der Waals surface area contributed by atoms with Crippen LogP contribution in [0.1, 0.15) is 29.8 Å². The van der Waals surface area contributed by atoms with E-state index in [0.29, 0.717) is 35.0 Å². The standard InChI is InChI=1S/C13H15ClN2O4S/c1-4-11-15-12(20-16-11)7-19-13-8(2)5-10(6-9(13)3)21(14,17)18/h5-6H,4,7H2,1-3H3. The van der Waals surface area contributed by atoms with Gasteiger partial charge in [0.25, 0.3) is 14.9 Å². The lowest BCUT2D eigenvalue weighted by molar-refractivity contribution is 0.240. The third kappa shape index (κ3) is 3.74. The van der Waals surface area contributed by atoms with Gasteiger partial charge in [0.1, 0.15) is 5.75 Å². The fourth-order valence-electron chi connectivity index (χ4n) is 1.91. The second-order valence-electron chi connectivity index (χ2n) is 4.57. The summed E-state index contributed by atoms with van der Waals surface area (Å²) in [7, 11) is 1.59. The molecule has 0 aliphatic heterocycles. The Labute approximate surface area is 127 Å². The molecule has 0 radical (unpaired) electrons. The molecule has 0 amide bonds. The highest BCUT2D eigenvalue weighted by Gasteiger charge is 2.15. The second kappa shape index (κ2) is 6.03. The van der Waals surface area contributed by atoms with Crippen molar-refractivity contribution in [1.82, 2.24) is 10.1 Å². The molecule has 0 saturated carbocycles. The van der Waals surface area contributed by atoms with Crippen LogP contribution in [0.5, 0.6) is 5.75 Å². The molecule has 1 aromatic heterocycles. The molecule has 0 spiro atoms. The fraction of sp³-hybridized carbons (Fsp3) is 0.385. The van der Waals surface area contributed by atoms with Gasteiger partial charge in [-0.05, 0) is 37.1 Å². The van der Waals surface area contributed by atoms with Crippen molar-refractivity contribution in [1.29, 1.82) is 0 Å². The van der Waals surface area contributed by atoms with Gasteiger partial charge in [0.05, 0.1) is 4.90 Å². The van der Waals surface area contributed by atoms with Crippen molar-refractivity contribution in [2.45, 2.75) is 38.7 Å². The summed E-state index contributed by atoms with van der Waals surface area (Å²) in [4.78, 5) is 4.19. The molecule has 0 bridgehead atoms. The zero-order chi connectivity index (χ0) is 15.6. The smallest absolute Gasteiger partial charge is 0.264 e. The molecule has 0 N–H and O–H groups in total. The van der Waals surface area contributed by atoms with E-state index < -0.39 is 9.05 Å². The summed E-state index contributed by atoms with van der Waals surface area (Å²) in [5, 5.41) is 3.78. The number of hydrogen-bond donors (Lipinski definition) is 0. The summed E-state index contributed by atoms with van der Waals surface area (Å²) in [5.74, 6) is 1.57. The summed E-state index contributed by atoms with van der Waals surface area (Å²) < 4.78 is 33.4. The van der Waals surface area contributed by atoms with Crippen molar-refractivity contribution in [3.63, 3.8) is 0 Å². The van der Waals surface area contributed by atoms with E-state index in [1.807, 2.05) is 6.92 Å².